The number of halogens is 1. The van der Waals surface area contributed by atoms with Crippen LogP contribution < -0.4 is 9.47 Å². The summed E-state index contributed by atoms with van der Waals surface area (Å²) in [5.41, 5.74) is 1.32. The number of hydrogen-bond acceptors (Lipinski definition) is 2. The number of ether oxygens (including phenoxy) is 2. The number of fused-ring (bicyclic) bond motifs is 1. The van der Waals surface area contributed by atoms with Crippen molar-refractivity contribution >= 4 is 15.9 Å². The van der Waals surface area contributed by atoms with E-state index in [1.807, 2.05) is 6.07 Å². The fourth-order valence-corrected chi connectivity index (χ4v) is 3.18. The normalized spacial score (nSPS) is 16.7. The first-order chi connectivity index (χ1) is 8.22. The molecule has 2 nitrogen and oxygen atoms in total. The van der Waals surface area contributed by atoms with Crippen LogP contribution >= 0.6 is 15.9 Å². The van der Waals surface area contributed by atoms with Crippen LogP contribution in [0.1, 0.15) is 31.7 Å². The number of rotatable bonds is 3. The number of alkyl halides is 1. The molecule has 1 aromatic carbocycles. The average molecular weight is 299 g/mol. The van der Waals surface area contributed by atoms with Gasteiger partial charge in [0.2, 0.25) is 0 Å². The molecule has 1 unspecified atom stereocenters. The first kappa shape index (κ1) is 12.7. The topological polar surface area (TPSA) is 18.5 Å². The van der Waals surface area contributed by atoms with Crippen LogP contribution in [0.4, 0.5) is 0 Å². The third-order valence-electron chi connectivity index (χ3n) is 3.17. The molecule has 0 N–H and O–H groups in total. The zero-order valence-electron chi connectivity index (χ0n) is 10.4. The Bertz CT molecular complexity index is 376. The minimum atomic E-state index is 0.521. The summed E-state index contributed by atoms with van der Waals surface area (Å²) in [6.07, 6.45) is 0.954. The molecule has 0 radical (unpaired) electrons. The maximum Gasteiger partial charge on any atom is 0.161 e. The Morgan fingerprint density at radius 2 is 1.88 bits per heavy atom. The van der Waals surface area contributed by atoms with Crippen LogP contribution in [0.3, 0.4) is 0 Å². The van der Waals surface area contributed by atoms with E-state index in [9.17, 15) is 0 Å². The lowest BCUT2D eigenvalue weighted by molar-refractivity contribution is 0.297. The first-order valence-corrected chi connectivity index (χ1v) is 7.30. The van der Waals surface area contributed by atoms with E-state index in [0.717, 1.165) is 36.5 Å². The van der Waals surface area contributed by atoms with E-state index in [2.05, 4.69) is 41.9 Å². The number of hydrogen-bond donors (Lipinski definition) is 0. The molecule has 1 heterocycles. The van der Waals surface area contributed by atoms with Gasteiger partial charge in [0.15, 0.2) is 11.5 Å². The van der Waals surface area contributed by atoms with Crippen molar-refractivity contribution in [2.75, 3.05) is 18.5 Å². The quantitative estimate of drug-likeness (QED) is 0.786. The summed E-state index contributed by atoms with van der Waals surface area (Å²) in [6.45, 7) is 5.99. The van der Waals surface area contributed by atoms with Crippen LogP contribution in [-0.2, 0) is 0 Å². The van der Waals surface area contributed by atoms with Crippen molar-refractivity contribution in [3.05, 3.63) is 23.8 Å². The summed E-state index contributed by atoms with van der Waals surface area (Å²) in [6, 6.07) is 6.32. The lowest BCUT2D eigenvalue weighted by atomic mass is 9.90. The number of benzene rings is 1. The van der Waals surface area contributed by atoms with Gasteiger partial charge in [0.1, 0.15) is 0 Å². The van der Waals surface area contributed by atoms with Gasteiger partial charge in [-0.25, -0.2) is 0 Å². The molecule has 1 aliphatic rings. The molecule has 0 bridgehead atoms. The smallest absolute Gasteiger partial charge is 0.161 e. The van der Waals surface area contributed by atoms with E-state index in [1.54, 1.807) is 0 Å². The maximum atomic E-state index is 5.72. The maximum absolute atomic E-state index is 5.72. The second kappa shape index (κ2) is 5.76. The van der Waals surface area contributed by atoms with Crippen LogP contribution in [-0.4, -0.2) is 18.5 Å². The Balaban J connectivity index is 2.28. The van der Waals surface area contributed by atoms with E-state index >= 15 is 0 Å². The fraction of sp³-hybridized carbons (Fsp3) is 0.571. The van der Waals surface area contributed by atoms with Crippen LogP contribution in [0.5, 0.6) is 11.5 Å². The third-order valence-corrected chi connectivity index (χ3v) is 3.87. The van der Waals surface area contributed by atoms with Gasteiger partial charge in [0.25, 0.3) is 0 Å². The zero-order chi connectivity index (χ0) is 12.3. The predicted octanol–water partition coefficient (Wildman–Crippen LogP) is 3.98. The minimum absolute atomic E-state index is 0.521. The standard InChI is InChI=1S/C14H19BrO2/c1-10(2)12(9-15)11-4-5-13-14(8-11)17-7-3-6-16-13/h4-5,8,10,12H,3,6-7,9H2,1-2H3. The SMILES string of the molecule is CC(C)C(CBr)c1ccc2c(c1)OCCCO2. The van der Waals surface area contributed by atoms with E-state index in [-0.39, 0.29) is 0 Å². The molecule has 0 aromatic heterocycles. The first-order valence-electron chi connectivity index (χ1n) is 6.18. The van der Waals surface area contributed by atoms with Gasteiger partial charge in [0, 0.05) is 11.8 Å². The Morgan fingerprint density at radius 1 is 1.18 bits per heavy atom. The van der Waals surface area contributed by atoms with E-state index in [4.69, 9.17) is 9.47 Å². The highest BCUT2D eigenvalue weighted by Gasteiger charge is 2.18. The Morgan fingerprint density at radius 3 is 2.53 bits per heavy atom. The highest BCUT2D eigenvalue weighted by Crippen LogP contribution is 2.35. The van der Waals surface area contributed by atoms with Gasteiger partial charge in [0.05, 0.1) is 13.2 Å². The second-order valence-corrected chi connectivity index (χ2v) is 5.41. The summed E-state index contributed by atoms with van der Waals surface area (Å²) in [5, 5.41) is 0.976. The van der Waals surface area contributed by atoms with Gasteiger partial charge in [-0.3, -0.25) is 0 Å². The molecule has 17 heavy (non-hydrogen) atoms. The molecular formula is C14H19BrO2. The molecule has 0 aliphatic carbocycles. The predicted molar refractivity (Wildman–Crippen MR) is 73.4 cm³/mol. The summed E-state index contributed by atoms with van der Waals surface area (Å²) in [5.74, 6) is 2.90. The molecule has 1 atom stereocenters. The molecule has 0 amide bonds. The van der Waals surface area contributed by atoms with Crippen molar-refractivity contribution in [2.45, 2.75) is 26.2 Å². The monoisotopic (exact) mass is 298 g/mol. The summed E-state index contributed by atoms with van der Waals surface area (Å²) < 4.78 is 11.4. The Kier molecular flexibility index (Phi) is 4.32. The molecule has 94 valence electrons. The van der Waals surface area contributed by atoms with Crippen LogP contribution in [0.25, 0.3) is 0 Å². The lowest BCUT2D eigenvalue weighted by Gasteiger charge is -2.20. The summed E-state index contributed by atoms with van der Waals surface area (Å²) in [4.78, 5) is 0. The molecule has 2 rings (SSSR count). The molecule has 0 saturated carbocycles. The highest BCUT2D eigenvalue weighted by atomic mass is 79.9. The van der Waals surface area contributed by atoms with Gasteiger partial charge in [-0.2, -0.15) is 0 Å². The second-order valence-electron chi connectivity index (χ2n) is 4.76. The van der Waals surface area contributed by atoms with Gasteiger partial charge in [-0.05, 0) is 29.5 Å². The summed E-state index contributed by atoms with van der Waals surface area (Å²) in [7, 11) is 0. The van der Waals surface area contributed by atoms with Crippen molar-refractivity contribution in [2.24, 2.45) is 5.92 Å². The highest BCUT2D eigenvalue weighted by molar-refractivity contribution is 9.09. The van der Waals surface area contributed by atoms with E-state index in [1.165, 1.54) is 5.56 Å². The van der Waals surface area contributed by atoms with Crippen molar-refractivity contribution < 1.29 is 9.47 Å². The average Bonchev–Trinajstić information content (AvgIpc) is 2.54. The van der Waals surface area contributed by atoms with Gasteiger partial charge in [-0.15, -0.1) is 0 Å². The van der Waals surface area contributed by atoms with Crippen LogP contribution in [0, 0.1) is 5.92 Å². The van der Waals surface area contributed by atoms with Crippen molar-refractivity contribution in [1.29, 1.82) is 0 Å². The Labute approximate surface area is 111 Å². The molecule has 0 fully saturated rings. The minimum Gasteiger partial charge on any atom is -0.490 e. The van der Waals surface area contributed by atoms with E-state index in [0.29, 0.717) is 11.8 Å². The largest absolute Gasteiger partial charge is 0.490 e. The molecular weight excluding hydrogens is 280 g/mol. The molecule has 0 spiro atoms. The summed E-state index contributed by atoms with van der Waals surface area (Å²) >= 11 is 3.59. The molecule has 3 heteroatoms. The zero-order valence-corrected chi connectivity index (χ0v) is 12.0. The van der Waals surface area contributed by atoms with Gasteiger partial charge in [-0.1, -0.05) is 35.8 Å². The van der Waals surface area contributed by atoms with Crippen LogP contribution in [0.2, 0.25) is 0 Å². The molecule has 1 aliphatic heterocycles. The lowest BCUT2D eigenvalue weighted by Crippen LogP contribution is -2.08. The van der Waals surface area contributed by atoms with E-state index < -0.39 is 0 Å². The van der Waals surface area contributed by atoms with Gasteiger partial charge >= 0.3 is 0 Å². The van der Waals surface area contributed by atoms with Crippen molar-refractivity contribution in [3.8, 4) is 11.5 Å². The molecule has 0 saturated heterocycles. The fourth-order valence-electron chi connectivity index (χ4n) is 2.06. The Hall–Kier alpha value is -0.700. The van der Waals surface area contributed by atoms with Gasteiger partial charge < -0.3 is 9.47 Å². The van der Waals surface area contributed by atoms with Crippen molar-refractivity contribution in [3.63, 3.8) is 0 Å². The van der Waals surface area contributed by atoms with Crippen LogP contribution in [0.15, 0.2) is 18.2 Å². The molecule has 1 aromatic rings. The third kappa shape index (κ3) is 2.95. The van der Waals surface area contributed by atoms with Crippen molar-refractivity contribution in [1.82, 2.24) is 0 Å².